The topological polar surface area (TPSA) is 105 Å². The molecule has 0 amide bonds. The molecule has 14 heteroatoms. The highest BCUT2D eigenvalue weighted by Gasteiger charge is 2.45. The zero-order chi connectivity index (χ0) is 35.5. The summed E-state index contributed by atoms with van der Waals surface area (Å²) in [6, 6.07) is 21.6. The summed E-state index contributed by atoms with van der Waals surface area (Å²) >= 11 is 12.8. The molecule has 2 aromatic heterocycles. The molecule has 2 aliphatic rings. The zero-order valence-corrected chi connectivity index (χ0v) is 30.5. The van der Waals surface area contributed by atoms with Crippen LogP contribution in [0.3, 0.4) is 0 Å². The molecule has 0 aliphatic carbocycles. The van der Waals surface area contributed by atoms with Crippen LogP contribution in [-0.2, 0) is 28.4 Å². The molecule has 7 rings (SSSR count). The van der Waals surface area contributed by atoms with Crippen molar-refractivity contribution in [3.05, 3.63) is 111 Å². The SMILES string of the molecule is Cc1nn(CCC(C)C)c(=O)n1-c1ccc(N2CCN(c3ccc(OCC4COC(Cn5cncn5)(c5ccc(Cl)cc5Cl)O4)cc3)CC2)cc1. The van der Waals surface area contributed by atoms with Crippen LogP contribution in [0.25, 0.3) is 5.69 Å². The van der Waals surface area contributed by atoms with E-state index in [-0.39, 0.29) is 18.3 Å². The normalized spacial score (nSPS) is 19.3. The minimum Gasteiger partial charge on any atom is -0.491 e. The molecule has 3 aromatic carbocycles. The second kappa shape index (κ2) is 15.1. The number of hydrogen-bond donors (Lipinski definition) is 0. The van der Waals surface area contributed by atoms with E-state index in [4.69, 9.17) is 37.4 Å². The number of aromatic nitrogens is 6. The highest BCUT2D eigenvalue weighted by molar-refractivity contribution is 6.35. The molecule has 0 bridgehead atoms. The van der Waals surface area contributed by atoms with Crippen molar-refractivity contribution in [3.8, 4) is 11.4 Å². The summed E-state index contributed by atoms with van der Waals surface area (Å²) in [6.07, 6.45) is 3.66. The fourth-order valence-electron chi connectivity index (χ4n) is 6.60. The molecule has 0 saturated carbocycles. The Morgan fingerprint density at radius 1 is 0.941 bits per heavy atom. The third-order valence-electron chi connectivity index (χ3n) is 9.35. The third kappa shape index (κ3) is 7.79. The largest absolute Gasteiger partial charge is 0.491 e. The molecular formula is C37H42Cl2N8O4. The molecule has 0 radical (unpaired) electrons. The third-order valence-corrected chi connectivity index (χ3v) is 9.90. The molecule has 2 fully saturated rings. The molecule has 2 aliphatic heterocycles. The van der Waals surface area contributed by atoms with Gasteiger partial charge in [0.2, 0.25) is 5.79 Å². The highest BCUT2D eigenvalue weighted by atomic mass is 35.5. The van der Waals surface area contributed by atoms with E-state index in [1.807, 2.05) is 37.3 Å². The Kier molecular flexibility index (Phi) is 10.4. The lowest BCUT2D eigenvalue weighted by Crippen LogP contribution is -2.46. The fraction of sp³-hybridized carbons (Fsp3) is 0.405. The van der Waals surface area contributed by atoms with Gasteiger partial charge in [0.25, 0.3) is 0 Å². The number of aryl methyl sites for hydroxylation is 2. The van der Waals surface area contributed by atoms with Crippen LogP contribution in [0.5, 0.6) is 5.75 Å². The second-order valence-corrected chi connectivity index (χ2v) is 14.2. The van der Waals surface area contributed by atoms with Gasteiger partial charge in [0, 0.05) is 54.7 Å². The first-order valence-corrected chi connectivity index (χ1v) is 18.0. The Morgan fingerprint density at radius 3 is 2.24 bits per heavy atom. The summed E-state index contributed by atoms with van der Waals surface area (Å²) in [5.41, 5.74) is 3.70. The number of anilines is 2. The monoisotopic (exact) mass is 732 g/mol. The summed E-state index contributed by atoms with van der Waals surface area (Å²) in [5.74, 6) is 0.798. The molecule has 2 saturated heterocycles. The fourth-order valence-corrected chi connectivity index (χ4v) is 7.15. The minimum absolute atomic E-state index is 0.0901. The van der Waals surface area contributed by atoms with Crippen LogP contribution in [0, 0.1) is 12.8 Å². The Bertz CT molecular complexity index is 1970. The summed E-state index contributed by atoms with van der Waals surface area (Å²) in [7, 11) is 0. The van der Waals surface area contributed by atoms with E-state index in [1.54, 1.807) is 32.4 Å². The van der Waals surface area contributed by atoms with Gasteiger partial charge in [-0.1, -0.05) is 43.1 Å². The second-order valence-electron chi connectivity index (χ2n) is 13.4. The molecule has 268 valence electrons. The van der Waals surface area contributed by atoms with E-state index in [1.165, 1.54) is 6.33 Å². The lowest BCUT2D eigenvalue weighted by molar-refractivity contribution is -0.190. The van der Waals surface area contributed by atoms with Gasteiger partial charge in [-0.05, 0) is 79.9 Å². The van der Waals surface area contributed by atoms with Crippen molar-refractivity contribution >= 4 is 34.6 Å². The van der Waals surface area contributed by atoms with E-state index in [9.17, 15) is 4.79 Å². The van der Waals surface area contributed by atoms with E-state index in [0.717, 1.165) is 55.4 Å². The summed E-state index contributed by atoms with van der Waals surface area (Å²) in [6.45, 7) is 11.2. The van der Waals surface area contributed by atoms with Crippen molar-refractivity contribution in [2.45, 2.75) is 52.2 Å². The lowest BCUT2D eigenvalue weighted by Gasteiger charge is -2.37. The van der Waals surface area contributed by atoms with Crippen molar-refractivity contribution in [3.63, 3.8) is 0 Å². The van der Waals surface area contributed by atoms with Gasteiger partial charge in [0.05, 0.1) is 17.3 Å². The van der Waals surface area contributed by atoms with Crippen LogP contribution in [0.15, 0.2) is 84.2 Å². The van der Waals surface area contributed by atoms with Gasteiger partial charge in [-0.2, -0.15) is 10.2 Å². The number of benzene rings is 3. The number of hydrogen-bond acceptors (Lipinski definition) is 9. The van der Waals surface area contributed by atoms with Gasteiger partial charge >= 0.3 is 5.69 Å². The smallest absolute Gasteiger partial charge is 0.350 e. The number of nitrogens with zero attached hydrogens (tertiary/aromatic N) is 8. The molecule has 12 nitrogen and oxygen atoms in total. The standard InChI is InChI=1S/C37H42Cl2N8O4/c1-26(2)14-15-46-36(48)47(27(3)42-46)31-7-5-29(6-8-31)43-16-18-44(19-17-43)30-9-11-32(12-10-30)49-21-33-22-50-37(51-33,23-45-25-40-24-41-45)34-13-4-28(38)20-35(34)39/h4-13,20,24-26,33H,14-19,21-23H2,1-3H3. The van der Waals surface area contributed by atoms with Gasteiger partial charge in [0.1, 0.15) is 43.5 Å². The predicted molar refractivity (Wildman–Crippen MR) is 197 cm³/mol. The van der Waals surface area contributed by atoms with Crippen molar-refractivity contribution in [1.29, 1.82) is 0 Å². The van der Waals surface area contributed by atoms with Crippen molar-refractivity contribution < 1.29 is 14.2 Å². The predicted octanol–water partition coefficient (Wildman–Crippen LogP) is 5.96. The number of halogens is 2. The number of rotatable bonds is 12. The van der Waals surface area contributed by atoms with Gasteiger partial charge < -0.3 is 24.0 Å². The van der Waals surface area contributed by atoms with E-state index in [2.05, 4.69) is 63.1 Å². The molecule has 4 heterocycles. The van der Waals surface area contributed by atoms with Crippen LogP contribution in [0.1, 0.15) is 31.7 Å². The average Bonchev–Trinajstić information content (AvgIpc) is 3.86. The molecule has 2 atom stereocenters. The minimum atomic E-state index is -1.16. The van der Waals surface area contributed by atoms with Crippen LogP contribution in [0.2, 0.25) is 10.0 Å². The molecule has 0 spiro atoms. The molecule has 2 unspecified atom stereocenters. The lowest BCUT2D eigenvalue weighted by atomic mass is 10.1. The van der Waals surface area contributed by atoms with Crippen molar-refractivity contribution in [1.82, 2.24) is 29.1 Å². The van der Waals surface area contributed by atoms with Crippen LogP contribution < -0.4 is 20.2 Å². The van der Waals surface area contributed by atoms with Gasteiger partial charge in [-0.15, -0.1) is 0 Å². The maximum Gasteiger partial charge on any atom is 0.350 e. The average molecular weight is 734 g/mol. The van der Waals surface area contributed by atoms with Gasteiger partial charge in [0.15, 0.2) is 0 Å². The molecule has 51 heavy (non-hydrogen) atoms. The maximum atomic E-state index is 13.0. The van der Waals surface area contributed by atoms with Crippen molar-refractivity contribution in [2.24, 2.45) is 5.92 Å². The van der Waals surface area contributed by atoms with E-state index < -0.39 is 5.79 Å². The first kappa shape index (κ1) is 35.1. The van der Waals surface area contributed by atoms with E-state index >= 15 is 0 Å². The zero-order valence-electron chi connectivity index (χ0n) is 29.0. The molecule has 5 aromatic rings. The molecule has 0 N–H and O–H groups in total. The summed E-state index contributed by atoms with van der Waals surface area (Å²) < 4.78 is 23.8. The summed E-state index contributed by atoms with van der Waals surface area (Å²) in [5, 5.41) is 9.71. The first-order valence-electron chi connectivity index (χ1n) is 17.3. The molecular weight excluding hydrogens is 691 g/mol. The van der Waals surface area contributed by atoms with Gasteiger partial charge in [-0.3, -0.25) is 0 Å². The Balaban J connectivity index is 0.922. The number of piperazine rings is 1. The number of ether oxygens (including phenoxy) is 3. The Morgan fingerprint density at radius 2 is 1.61 bits per heavy atom. The van der Waals surface area contributed by atoms with E-state index in [0.29, 0.717) is 47.1 Å². The Labute approximate surface area is 307 Å². The van der Waals surface area contributed by atoms with Crippen molar-refractivity contribution in [2.75, 3.05) is 49.2 Å². The highest BCUT2D eigenvalue weighted by Crippen LogP contribution is 2.40. The first-order chi connectivity index (χ1) is 24.7. The quantitative estimate of drug-likeness (QED) is 0.154. The van der Waals surface area contributed by atoms with Crippen LogP contribution >= 0.6 is 23.2 Å². The van der Waals surface area contributed by atoms with Crippen LogP contribution in [0.4, 0.5) is 11.4 Å². The van der Waals surface area contributed by atoms with Gasteiger partial charge in [-0.25, -0.2) is 23.7 Å². The summed E-state index contributed by atoms with van der Waals surface area (Å²) in [4.78, 5) is 21.8. The maximum absolute atomic E-state index is 13.0. The Hall–Kier alpha value is -4.36. The van der Waals surface area contributed by atoms with Crippen LogP contribution in [-0.4, -0.2) is 74.6 Å².